The Morgan fingerprint density at radius 2 is 1.84 bits per heavy atom. The Morgan fingerprint density at radius 1 is 1.05 bits per heavy atom. The maximum absolute atomic E-state index is 16.3. The summed E-state index contributed by atoms with van der Waals surface area (Å²) in [6, 6.07) is 15.8. The van der Waals surface area contributed by atoms with Crippen molar-refractivity contribution in [2.45, 2.75) is 50.2 Å². The van der Waals surface area contributed by atoms with E-state index in [2.05, 4.69) is 36.2 Å². The molecule has 0 saturated heterocycles. The van der Waals surface area contributed by atoms with Crippen LogP contribution in [0.15, 0.2) is 53.7 Å². The summed E-state index contributed by atoms with van der Waals surface area (Å²) >= 11 is 8.33. The molecule has 0 spiro atoms. The average Bonchev–Trinajstić information content (AvgIpc) is 2.91. The van der Waals surface area contributed by atoms with Gasteiger partial charge in [-0.1, -0.05) is 79.2 Å². The zero-order valence-electron chi connectivity index (χ0n) is 22.4. The molecule has 4 aromatic rings. The van der Waals surface area contributed by atoms with E-state index in [-0.39, 0.29) is 11.6 Å². The Balaban J connectivity index is 1.71. The molecule has 1 heterocycles. The van der Waals surface area contributed by atoms with E-state index in [1.54, 1.807) is 17.8 Å². The van der Waals surface area contributed by atoms with Crippen molar-refractivity contribution in [1.29, 1.82) is 0 Å². The second-order valence-corrected chi connectivity index (χ2v) is 11.4. The minimum Gasteiger partial charge on any atom is -0.369 e. The zero-order chi connectivity index (χ0) is 27.1. The van der Waals surface area contributed by atoms with Gasteiger partial charge in [0.05, 0.1) is 5.02 Å². The predicted molar refractivity (Wildman–Crippen MR) is 162 cm³/mol. The molecule has 202 valence electrons. The third-order valence-corrected chi connectivity index (χ3v) is 7.95. The fourth-order valence-corrected chi connectivity index (χ4v) is 5.61. The van der Waals surface area contributed by atoms with E-state index < -0.39 is 5.82 Å². The lowest BCUT2D eigenvalue weighted by Gasteiger charge is -2.16. The van der Waals surface area contributed by atoms with Crippen LogP contribution in [0.4, 0.5) is 10.2 Å². The van der Waals surface area contributed by atoms with Gasteiger partial charge in [-0.2, -0.15) is 0 Å². The number of hydrogen-bond acceptors (Lipinski definition) is 6. The number of aromatic nitrogens is 2. The lowest BCUT2D eigenvalue weighted by Crippen LogP contribution is -2.18. The molecule has 0 saturated carbocycles. The first-order valence-corrected chi connectivity index (χ1v) is 14.7. The number of anilines is 1. The van der Waals surface area contributed by atoms with Crippen LogP contribution in [0.25, 0.3) is 32.8 Å². The number of halogens is 2. The second kappa shape index (κ2) is 13.6. The number of rotatable bonds is 13. The molecular formula is C30H37ClFN5S. The smallest absolute Gasteiger partial charge is 0.190 e. The topological polar surface area (TPSA) is 67.1 Å². The van der Waals surface area contributed by atoms with Crippen LogP contribution in [0.2, 0.25) is 5.02 Å². The van der Waals surface area contributed by atoms with E-state index >= 15 is 4.39 Å². The fourth-order valence-electron chi connectivity index (χ4n) is 4.55. The van der Waals surface area contributed by atoms with Crippen molar-refractivity contribution >= 4 is 50.9 Å². The first-order chi connectivity index (χ1) is 18.4. The molecule has 38 heavy (non-hydrogen) atoms. The highest BCUT2D eigenvalue weighted by Crippen LogP contribution is 2.40. The highest BCUT2D eigenvalue weighted by atomic mass is 35.5. The summed E-state index contributed by atoms with van der Waals surface area (Å²) in [6.07, 6.45) is 4.94. The van der Waals surface area contributed by atoms with E-state index in [9.17, 15) is 0 Å². The number of nitrogens with two attached hydrogens (primary N) is 1. The SMILES string of the molecule is CCC(N)CCCCNc1nc(SCCCN(C)C)nc2c(F)c(-c3cccc4ccccc34)c(Cl)cc12. The minimum absolute atomic E-state index is 0.237. The molecule has 1 aromatic heterocycles. The maximum Gasteiger partial charge on any atom is 0.190 e. The van der Waals surface area contributed by atoms with E-state index in [1.165, 1.54) is 0 Å². The third-order valence-electron chi connectivity index (χ3n) is 6.72. The molecule has 8 heteroatoms. The first-order valence-electron chi connectivity index (χ1n) is 13.3. The summed E-state index contributed by atoms with van der Waals surface area (Å²) in [7, 11) is 4.11. The standard InChI is InChI=1S/C30H37ClFN5S/c1-4-21(33)13-7-8-16-34-29-24-19-25(31)26(23-15-9-12-20-11-5-6-14-22(20)23)27(32)28(24)35-30(36-29)38-18-10-17-37(2)3/h5-6,9,11-12,14-15,19,21H,4,7-8,10,13,16-18,33H2,1-3H3,(H,34,35,36). The van der Waals surface area contributed by atoms with Gasteiger partial charge in [0.1, 0.15) is 11.3 Å². The van der Waals surface area contributed by atoms with Gasteiger partial charge < -0.3 is 16.0 Å². The largest absolute Gasteiger partial charge is 0.369 e. The molecule has 0 aliphatic rings. The normalized spacial score (nSPS) is 12.5. The minimum atomic E-state index is -0.418. The van der Waals surface area contributed by atoms with E-state index in [0.717, 1.165) is 67.3 Å². The van der Waals surface area contributed by atoms with Gasteiger partial charge in [-0.05, 0) is 68.7 Å². The highest BCUT2D eigenvalue weighted by molar-refractivity contribution is 7.99. The number of unbranched alkanes of at least 4 members (excludes halogenated alkanes) is 1. The van der Waals surface area contributed by atoms with Crippen molar-refractivity contribution in [2.24, 2.45) is 5.73 Å². The lowest BCUT2D eigenvalue weighted by atomic mass is 9.96. The van der Waals surface area contributed by atoms with Crippen LogP contribution in [-0.4, -0.2) is 53.8 Å². The maximum atomic E-state index is 16.3. The number of nitrogens with zero attached hydrogens (tertiary/aromatic N) is 3. The van der Waals surface area contributed by atoms with Crippen LogP contribution in [-0.2, 0) is 0 Å². The summed E-state index contributed by atoms with van der Waals surface area (Å²) in [6.45, 7) is 3.80. The number of benzene rings is 3. The Labute approximate surface area is 234 Å². The average molecular weight is 554 g/mol. The summed E-state index contributed by atoms with van der Waals surface area (Å²) < 4.78 is 16.3. The van der Waals surface area contributed by atoms with Gasteiger partial charge >= 0.3 is 0 Å². The van der Waals surface area contributed by atoms with E-state index in [0.29, 0.717) is 26.9 Å². The molecule has 3 N–H and O–H groups in total. The van der Waals surface area contributed by atoms with Crippen LogP contribution in [0.1, 0.15) is 39.0 Å². The molecule has 0 bridgehead atoms. The fraction of sp³-hybridized carbons (Fsp3) is 0.400. The Morgan fingerprint density at radius 3 is 2.63 bits per heavy atom. The zero-order valence-corrected chi connectivity index (χ0v) is 24.0. The third kappa shape index (κ3) is 6.94. The number of nitrogens with one attached hydrogen (secondary N) is 1. The molecule has 1 unspecified atom stereocenters. The van der Waals surface area contributed by atoms with Crippen LogP contribution in [0.3, 0.4) is 0 Å². The Bertz CT molecular complexity index is 1370. The summed E-state index contributed by atoms with van der Waals surface area (Å²) in [5, 5.41) is 6.92. The predicted octanol–water partition coefficient (Wildman–Crippen LogP) is 7.61. The van der Waals surface area contributed by atoms with Crippen LogP contribution >= 0.6 is 23.4 Å². The molecular weight excluding hydrogens is 517 g/mol. The van der Waals surface area contributed by atoms with Gasteiger partial charge in [-0.25, -0.2) is 14.4 Å². The van der Waals surface area contributed by atoms with Crippen LogP contribution in [0, 0.1) is 5.82 Å². The molecule has 1 atom stereocenters. The van der Waals surface area contributed by atoms with E-state index in [1.807, 2.05) is 42.5 Å². The second-order valence-electron chi connectivity index (χ2n) is 9.92. The van der Waals surface area contributed by atoms with Crippen molar-refractivity contribution in [3.8, 4) is 11.1 Å². The highest BCUT2D eigenvalue weighted by Gasteiger charge is 2.21. The molecule has 0 fully saturated rings. The first kappa shape index (κ1) is 28.6. The molecule has 4 rings (SSSR count). The lowest BCUT2D eigenvalue weighted by molar-refractivity contribution is 0.410. The van der Waals surface area contributed by atoms with Gasteiger partial charge in [0.15, 0.2) is 11.0 Å². The molecule has 0 aliphatic heterocycles. The van der Waals surface area contributed by atoms with Gasteiger partial charge in [-0.3, -0.25) is 0 Å². The van der Waals surface area contributed by atoms with Gasteiger partial charge in [0.2, 0.25) is 0 Å². The Kier molecular flexibility index (Phi) is 10.2. The van der Waals surface area contributed by atoms with Crippen molar-refractivity contribution < 1.29 is 4.39 Å². The molecule has 5 nitrogen and oxygen atoms in total. The summed E-state index contributed by atoms with van der Waals surface area (Å²) in [5.41, 5.74) is 7.48. The monoisotopic (exact) mass is 553 g/mol. The summed E-state index contributed by atoms with van der Waals surface area (Å²) in [4.78, 5) is 11.6. The van der Waals surface area contributed by atoms with E-state index in [4.69, 9.17) is 22.3 Å². The number of thioether (sulfide) groups is 1. The van der Waals surface area contributed by atoms with Crippen molar-refractivity contribution in [1.82, 2.24) is 14.9 Å². The molecule has 3 aromatic carbocycles. The molecule has 0 aliphatic carbocycles. The van der Waals surface area contributed by atoms with Crippen molar-refractivity contribution in [3.05, 3.63) is 59.4 Å². The van der Waals surface area contributed by atoms with Crippen LogP contribution < -0.4 is 11.1 Å². The molecule has 0 radical (unpaired) electrons. The van der Waals surface area contributed by atoms with Crippen LogP contribution in [0.5, 0.6) is 0 Å². The molecule has 0 amide bonds. The van der Waals surface area contributed by atoms with Gasteiger partial charge in [0, 0.05) is 29.3 Å². The van der Waals surface area contributed by atoms with Crippen molar-refractivity contribution in [3.63, 3.8) is 0 Å². The van der Waals surface area contributed by atoms with Gasteiger partial charge in [-0.15, -0.1) is 0 Å². The summed E-state index contributed by atoms with van der Waals surface area (Å²) in [5.74, 6) is 1.05. The number of fused-ring (bicyclic) bond motifs is 2. The quantitative estimate of drug-likeness (QED) is 0.101. The number of hydrogen-bond donors (Lipinski definition) is 2. The Hall–Kier alpha value is -2.45. The van der Waals surface area contributed by atoms with Crippen molar-refractivity contribution in [2.75, 3.05) is 38.3 Å². The van der Waals surface area contributed by atoms with Gasteiger partial charge in [0.25, 0.3) is 0 Å².